The summed E-state index contributed by atoms with van der Waals surface area (Å²) in [6.45, 7) is 2.77. The minimum atomic E-state index is -0.758. The predicted molar refractivity (Wildman–Crippen MR) is 107 cm³/mol. The smallest absolute Gasteiger partial charge is 0.264 e. The quantitative estimate of drug-likeness (QED) is 0.528. The number of hydrogen-bond acceptors (Lipinski definition) is 5. The summed E-state index contributed by atoms with van der Waals surface area (Å²) in [6, 6.07) is 3.59. The minimum Gasteiger partial charge on any atom is -0.390 e. The van der Waals surface area contributed by atoms with Crippen molar-refractivity contribution in [1.82, 2.24) is 24.3 Å². The normalized spacial score (nSPS) is 19.6. The molecule has 1 saturated heterocycles. The molecule has 154 valence electrons. The number of imidazole rings is 1. The minimum absolute atomic E-state index is 0.146. The number of aliphatic hydroxyl groups is 1. The first-order chi connectivity index (χ1) is 14.4. The molecule has 4 aromatic rings. The lowest BCUT2D eigenvalue weighted by molar-refractivity contribution is 0.0852. The van der Waals surface area contributed by atoms with Crippen molar-refractivity contribution in [3.8, 4) is 11.1 Å². The van der Waals surface area contributed by atoms with E-state index < -0.39 is 29.3 Å². The van der Waals surface area contributed by atoms with E-state index >= 15 is 4.39 Å². The Bertz CT molecular complexity index is 1350. The largest absolute Gasteiger partial charge is 0.390 e. The molecule has 2 atom stereocenters. The van der Waals surface area contributed by atoms with Crippen LogP contribution in [0.15, 0.2) is 41.7 Å². The molecule has 1 fully saturated rings. The van der Waals surface area contributed by atoms with E-state index in [4.69, 9.17) is 0 Å². The predicted octanol–water partition coefficient (Wildman–Crippen LogP) is 2.19. The lowest BCUT2D eigenvalue weighted by Crippen LogP contribution is -2.44. The van der Waals surface area contributed by atoms with Crippen LogP contribution in [0, 0.1) is 18.6 Å². The van der Waals surface area contributed by atoms with Crippen molar-refractivity contribution in [3.63, 3.8) is 0 Å². The first kappa shape index (κ1) is 18.8. The van der Waals surface area contributed by atoms with Crippen LogP contribution in [0.1, 0.15) is 18.2 Å². The number of fused-ring (bicyclic) bond motifs is 2. The monoisotopic (exact) mass is 411 g/mol. The second-order valence-electron chi connectivity index (χ2n) is 7.63. The second kappa shape index (κ2) is 6.96. The molecule has 2 N–H and O–H groups in total. The van der Waals surface area contributed by atoms with Crippen LogP contribution in [0.5, 0.6) is 0 Å². The van der Waals surface area contributed by atoms with Crippen molar-refractivity contribution >= 4 is 16.6 Å². The Morgan fingerprint density at radius 2 is 1.97 bits per heavy atom. The summed E-state index contributed by atoms with van der Waals surface area (Å²) in [4.78, 5) is 21.3. The molecule has 0 amide bonds. The third-order valence-corrected chi connectivity index (χ3v) is 5.57. The van der Waals surface area contributed by atoms with Gasteiger partial charge in [-0.05, 0) is 43.7 Å². The second-order valence-corrected chi connectivity index (χ2v) is 7.63. The summed E-state index contributed by atoms with van der Waals surface area (Å²) >= 11 is 0. The van der Waals surface area contributed by atoms with E-state index in [9.17, 15) is 14.3 Å². The van der Waals surface area contributed by atoms with Gasteiger partial charge in [0.15, 0.2) is 11.5 Å². The van der Waals surface area contributed by atoms with Crippen LogP contribution in [-0.4, -0.2) is 43.2 Å². The van der Waals surface area contributed by atoms with Gasteiger partial charge in [0.2, 0.25) is 0 Å². The molecular weight excluding hydrogens is 392 g/mol. The number of aryl methyl sites for hydroxylation is 1. The molecule has 5 rings (SSSR count). The van der Waals surface area contributed by atoms with E-state index in [1.807, 2.05) is 0 Å². The number of aliphatic hydroxyl groups excluding tert-OH is 1. The first-order valence-corrected chi connectivity index (χ1v) is 9.67. The molecule has 4 heterocycles. The Hall–Kier alpha value is -3.17. The topological polar surface area (TPSA) is 84.5 Å². The van der Waals surface area contributed by atoms with Gasteiger partial charge >= 0.3 is 0 Å². The summed E-state index contributed by atoms with van der Waals surface area (Å²) in [5.41, 5.74) is 1.34. The Labute approximate surface area is 169 Å². The van der Waals surface area contributed by atoms with Crippen molar-refractivity contribution in [2.75, 3.05) is 13.1 Å². The molecule has 0 radical (unpaired) electrons. The van der Waals surface area contributed by atoms with Crippen molar-refractivity contribution in [3.05, 3.63) is 64.6 Å². The molecule has 0 bridgehead atoms. The fraction of sp³-hybridized carbons (Fsp3) is 0.286. The van der Waals surface area contributed by atoms with E-state index in [2.05, 4.69) is 15.3 Å². The van der Waals surface area contributed by atoms with Gasteiger partial charge < -0.3 is 14.8 Å². The fourth-order valence-corrected chi connectivity index (χ4v) is 4.10. The number of piperidine rings is 1. The third kappa shape index (κ3) is 2.98. The highest BCUT2D eigenvalue weighted by molar-refractivity contribution is 5.84. The molecule has 0 saturated carbocycles. The number of aromatic nitrogens is 4. The number of pyridine rings is 1. The van der Waals surface area contributed by atoms with Crippen LogP contribution in [0.25, 0.3) is 27.7 Å². The van der Waals surface area contributed by atoms with Crippen LogP contribution in [0.3, 0.4) is 0 Å². The molecule has 3 aromatic heterocycles. The van der Waals surface area contributed by atoms with Crippen molar-refractivity contribution in [2.45, 2.75) is 25.5 Å². The average Bonchev–Trinajstić information content (AvgIpc) is 3.09. The summed E-state index contributed by atoms with van der Waals surface area (Å²) in [5.74, 6) is -1.26. The molecule has 1 aliphatic rings. The van der Waals surface area contributed by atoms with Crippen LogP contribution in [0.2, 0.25) is 0 Å². The molecule has 0 unspecified atom stereocenters. The van der Waals surface area contributed by atoms with Crippen LogP contribution in [-0.2, 0) is 0 Å². The highest BCUT2D eigenvalue weighted by Crippen LogP contribution is 2.27. The van der Waals surface area contributed by atoms with E-state index in [0.29, 0.717) is 36.3 Å². The number of hydrogen-bond donors (Lipinski definition) is 2. The first-order valence-electron chi connectivity index (χ1n) is 9.67. The SMILES string of the molecule is Cc1cn2cc(-c3cc(F)c4c(=O)n([C@@H]5CCNC[C@H]5O)cnc4c3)cc(F)c2n1. The van der Waals surface area contributed by atoms with Gasteiger partial charge in [-0.15, -0.1) is 0 Å². The van der Waals surface area contributed by atoms with Gasteiger partial charge in [0.05, 0.1) is 29.7 Å². The van der Waals surface area contributed by atoms with Crippen molar-refractivity contribution in [2.24, 2.45) is 0 Å². The van der Waals surface area contributed by atoms with E-state index in [-0.39, 0.29) is 16.6 Å². The van der Waals surface area contributed by atoms with Gasteiger partial charge in [-0.2, -0.15) is 0 Å². The van der Waals surface area contributed by atoms with E-state index in [0.717, 1.165) is 0 Å². The van der Waals surface area contributed by atoms with E-state index in [1.165, 1.54) is 23.0 Å². The van der Waals surface area contributed by atoms with Gasteiger partial charge in [0.1, 0.15) is 11.2 Å². The summed E-state index contributed by atoms with van der Waals surface area (Å²) in [5, 5.41) is 13.1. The Balaban J connectivity index is 1.64. The molecule has 1 aliphatic heterocycles. The zero-order valence-electron chi connectivity index (χ0n) is 16.1. The zero-order valence-corrected chi connectivity index (χ0v) is 16.1. The lowest BCUT2D eigenvalue weighted by Gasteiger charge is -2.29. The van der Waals surface area contributed by atoms with Crippen molar-refractivity contribution < 1.29 is 13.9 Å². The maximum absolute atomic E-state index is 15.0. The van der Waals surface area contributed by atoms with Crippen LogP contribution < -0.4 is 10.9 Å². The number of β-amino-alcohol motifs (C(OH)–C–C–N with tert-alkyl or cyclic N) is 1. The summed E-state index contributed by atoms with van der Waals surface area (Å²) < 4.78 is 32.3. The van der Waals surface area contributed by atoms with Gasteiger partial charge in [0, 0.05) is 24.5 Å². The molecule has 0 aliphatic carbocycles. The molecule has 9 heteroatoms. The number of benzene rings is 1. The van der Waals surface area contributed by atoms with Gasteiger partial charge in [-0.1, -0.05) is 0 Å². The number of rotatable bonds is 2. The summed E-state index contributed by atoms with van der Waals surface area (Å²) in [6.07, 6.45) is 4.46. The standard InChI is InChI=1S/C21H19F2N5O2/c1-11-8-27-9-13(5-15(23)20(27)26-11)12-4-14(22)19-16(6-12)25-10-28(21(19)30)17-2-3-24-7-18(17)29/h4-6,8-10,17-18,24,29H,2-3,7H2,1H3/t17-,18-/m1/s1. The van der Waals surface area contributed by atoms with Crippen LogP contribution in [0.4, 0.5) is 8.78 Å². The van der Waals surface area contributed by atoms with E-state index in [1.54, 1.807) is 29.8 Å². The fourth-order valence-electron chi connectivity index (χ4n) is 4.10. The summed E-state index contributed by atoms with van der Waals surface area (Å²) in [7, 11) is 0. The highest BCUT2D eigenvalue weighted by atomic mass is 19.1. The Kier molecular flexibility index (Phi) is 4.37. The number of nitrogens with one attached hydrogen (secondary N) is 1. The molecule has 7 nitrogen and oxygen atoms in total. The molecule has 0 spiro atoms. The van der Waals surface area contributed by atoms with Gasteiger partial charge in [-0.25, -0.2) is 18.7 Å². The Morgan fingerprint density at radius 3 is 2.77 bits per heavy atom. The highest BCUT2D eigenvalue weighted by Gasteiger charge is 2.26. The third-order valence-electron chi connectivity index (χ3n) is 5.57. The van der Waals surface area contributed by atoms with Crippen molar-refractivity contribution in [1.29, 1.82) is 0 Å². The maximum Gasteiger partial charge on any atom is 0.264 e. The average molecular weight is 411 g/mol. The molecule has 30 heavy (non-hydrogen) atoms. The zero-order chi connectivity index (χ0) is 21.0. The Morgan fingerprint density at radius 1 is 1.17 bits per heavy atom. The maximum atomic E-state index is 15.0. The van der Waals surface area contributed by atoms with Gasteiger partial charge in [-0.3, -0.25) is 9.36 Å². The molecule has 1 aromatic carbocycles. The molecular formula is C21H19F2N5O2. The number of nitrogens with zero attached hydrogens (tertiary/aromatic N) is 4. The lowest BCUT2D eigenvalue weighted by atomic mass is 10.0. The van der Waals surface area contributed by atoms with Gasteiger partial charge in [0.25, 0.3) is 5.56 Å². The number of halogens is 2. The van der Waals surface area contributed by atoms with Crippen LogP contribution >= 0.6 is 0 Å².